The molecule has 0 aliphatic carbocycles. The van der Waals surface area contributed by atoms with Crippen LogP contribution >= 0.6 is 11.3 Å². The van der Waals surface area contributed by atoms with Crippen molar-refractivity contribution in [2.45, 2.75) is 0 Å². The highest BCUT2D eigenvalue weighted by Gasteiger charge is 2.26. The average Bonchev–Trinajstić information content (AvgIpc) is 2.87. The minimum Gasteiger partial charge on any atom is -0.288 e. The van der Waals surface area contributed by atoms with Crippen LogP contribution in [0.3, 0.4) is 0 Å². The third kappa shape index (κ3) is 1.76. The molecule has 0 atom stereocenters. The number of thiophene rings is 1. The molecule has 0 saturated heterocycles. The molecule has 0 bridgehead atoms. The summed E-state index contributed by atoms with van der Waals surface area (Å²) in [5.74, 6) is -0.675. The highest BCUT2D eigenvalue weighted by molar-refractivity contribution is 7.11. The number of benzene rings is 1. The van der Waals surface area contributed by atoms with Crippen molar-refractivity contribution in [1.29, 1.82) is 0 Å². The van der Waals surface area contributed by atoms with Gasteiger partial charge >= 0.3 is 0 Å². The maximum Gasteiger partial charge on any atom is 0.258 e. The number of nitrogens with one attached hydrogen (secondary N) is 1. The molecular weight excluding hydrogens is 246 g/mol. The molecule has 0 fully saturated rings. The molecule has 2 heterocycles. The minimum absolute atomic E-state index is 0.334. The summed E-state index contributed by atoms with van der Waals surface area (Å²) in [4.78, 5) is 24.6. The highest BCUT2D eigenvalue weighted by atomic mass is 32.1. The van der Waals surface area contributed by atoms with Crippen LogP contribution in [0.5, 0.6) is 0 Å². The molecule has 2 amide bonds. The van der Waals surface area contributed by atoms with Crippen LogP contribution in [0.15, 0.2) is 41.8 Å². The molecule has 1 aliphatic rings. The largest absolute Gasteiger partial charge is 0.288 e. The molecule has 1 aliphatic heterocycles. The standard InChI is InChI=1S/C14H9NO2S/c16-13-11-6-2-1-5-10(11)12(14(17)15-13)8-9-4-3-7-18-9/h1-8H,(H,15,16,17)/b12-8-. The van der Waals surface area contributed by atoms with Crippen molar-refractivity contribution in [1.82, 2.24) is 5.32 Å². The van der Waals surface area contributed by atoms with Gasteiger partial charge in [0.05, 0.1) is 0 Å². The zero-order valence-corrected chi connectivity index (χ0v) is 10.2. The van der Waals surface area contributed by atoms with E-state index in [1.807, 2.05) is 29.7 Å². The molecule has 0 unspecified atom stereocenters. The molecule has 88 valence electrons. The van der Waals surface area contributed by atoms with Gasteiger partial charge in [-0.3, -0.25) is 14.9 Å². The van der Waals surface area contributed by atoms with Crippen LogP contribution in [0.1, 0.15) is 20.8 Å². The lowest BCUT2D eigenvalue weighted by atomic mass is 9.94. The number of carbonyl (C=O) groups excluding carboxylic acids is 2. The number of carbonyl (C=O) groups is 2. The summed E-state index contributed by atoms with van der Waals surface area (Å²) < 4.78 is 0. The van der Waals surface area contributed by atoms with E-state index in [9.17, 15) is 9.59 Å². The third-order valence-electron chi connectivity index (χ3n) is 2.76. The van der Waals surface area contributed by atoms with Gasteiger partial charge in [-0.05, 0) is 29.2 Å². The van der Waals surface area contributed by atoms with E-state index < -0.39 is 0 Å². The van der Waals surface area contributed by atoms with Crippen LogP contribution in [-0.4, -0.2) is 11.8 Å². The first kappa shape index (κ1) is 10.9. The second kappa shape index (κ2) is 4.23. The fourth-order valence-electron chi connectivity index (χ4n) is 1.94. The smallest absolute Gasteiger partial charge is 0.258 e. The van der Waals surface area contributed by atoms with Crippen molar-refractivity contribution >= 4 is 34.8 Å². The molecule has 4 heteroatoms. The van der Waals surface area contributed by atoms with Crippen LogP contribution in [-0.2, 0) is 4.79 Å². The molecule has 0 spiro atoms. The Bertz CT molecular complexity index is 656. The summed E-state index contributed by atoms with van der Waals surface area (Å²) in [5.41, 5.74) is 1.77. The Morgan fingerprint density at radius 2 is 1.72 bits per heavy atom. The monoisotopic (exact) mass is 255 g/mol. The van der Waals surface area contributed by atoms with E-state index in [1.54, 1.807) is 29.5 Å². The predicted octanol–water partition coefficient (Wildman–Crippen LogP) is 2.56. The van der Waals surface area contributed by atoms with E-state index in [0.29, 0.717) is 16.7 Å². The lowest BCUT2D eigenvalue weighted by Crippen LogP contribution is -2.36. The van der Waals surface area contributed by atoms with E-state index in [2.05, 4.69) is 5.32 Å². The molecule has 3 nitrogen and oxygen atoms in total. The van der Waals surface area contributed by atoms with Gasteiger partial charge in [-0.15, -0.1) is 11.3 Å². The van der Waals surface area contributed by atoms with E-state index >= 15 is 0 Å². The summed E-state index contributed by atoms with van der Waals surface area (Å²) in [7, 11) is 0. The minimum atomic E-state index is -0.341. The summed E-state index contributed by atoms with van der Waals surface area (Å²) in [5, 5.41) is 4.31. The fourth-order valence-corrected chi connectivity index (χ4v) is 2.59. The van der Waals surface area contributed by atoms with Gasteiger partial charge in [0.15, 0.2) is 0 Å². The molecule has 18 heavy (non-hydrogen) atoms. The van der Waals surface area contributed by atoms with Gasteiger partial charge in [-0.1, -0.05) is 24.3 Å². The van der Waals surface area contributed by atoms with Gasteiger partial charge in [0.2, 0.25) is 0 Å². The number of imide groups is 1. The maximum absolute atomic E-state index is 11.9. The van der Waals surface area contributed by atoms with Gasteiger partial charge < -0.3 is 0 Å². The first-order chi connectivity index (χ1) is 8.75. The van der Waals surface area contributed by atoms with Gasteiger partial charge in [0.25, 0.3) is 11.8 Å². The number of hydrogen-bond donors (Lipinski definition) is 1. The summed E-state index contributed by atoms with van der Waals surface area (Å²) >= 11 is 1.55. The van der Waals surface area contributed by atoms with Crippen LogP contribution in [0, 0.1) is 0 Å². The van der Waals surface area contributed by atoms with Crippen molar-refractivity contribution < 1.29 is 9.59 Å². The first-order valence-electron chi connectivity index (χ1n) is 5.46. The predicted molar refractivity (Wildman–Crippen MR) is 71.1 cm³/mol. The Labute approximate surface area is 108 Å². The lowest BCUT2D eigenvalue weighted by Gasteiger charge is -2.17. The zero-order chi connectivity index (χ0) is 12.5. The average molecular weight is 255 g/mol. The SMILES string of the molecule is O=C1NC(=O)c2ccccc2/C1=C/c1cccs1. The van der Waals surface area contributed by atoms with Crippen molar-refractivity contribution in [2.24, 2.45) is 0 Å². The molecule has 1 aromatic carbocycles. The van der Waals surface area contributed by atoms with Crippen molar-refractivity contribution in [3.63, 3.8) is 0 Å². The van der Waals surface area contributed by atoms with Crippen LogP contribution in [0.4, 0.5) is 0 Å². The third-order valence-corrected chi connectivity index (χ3v) is 3.58. The molecule has 1 N–H and O–H groups in total. The Balaban J connectivity index is 2.18. The Morgan fingerprint density at radius 1 is 0.944 bits per heavy atom. The molecule has 0 saturated carbocycles. The Hall–Kier alpha value is -2.20. The van der Waals surface area contributed by atoms with Crippen molar-refractivity contribution in [2.75, 3.05) is 0 Å². The van der Waals surface area contributed by atoms with E-state index in [1.165, 1.54) is 0 Å². The number of amides is 2. The van der Waals surface area contributed by atoms with E-state index in [-0.39, 0.29) is 11.8 Å². The second-order valence-corrected chi connectivity index (χ2v) is 4.88. The second-order valence-electron chi connectivity index (χ2n) is 3.90. The molecule has 2 aromatic rings. The zero-order valence-electron chi connectivity index (χ0n) is 9.34. The normalized spacial score (nSPS) is 16.6. The van der Waals surface area contributed by atoms with Gasteiger partial charge in [-0.25, -0.2) is 0 Å². The molecule has 3 rings (SSSR count). The Kier molecular flexibility index (Phi) is 2.57. The lowest BCUT2D eigenvalue weighted by molar-refractivity contribution is -0.114. The summed E-state index contributed by atoms with van der Waals surface area (Å²) in [6.45, 7) is 0. The summed E-state index contributed by atoms with van der Waals surface area (Å²) in [6, 6.07) is 11.0. The van der Waals surface area contributed by atoms with Crippen molar-refractivity contribution in [3.8, 4) is 0 Å². The van der Waals surface area contributed by atoms with Crippen LogP contribution < -0.4 is 5.32 Å². The molecule has 0 radical (unpaired) electrons. The van der Waals surface area contributed by atoms with Gasteiger partial charge in [0.1, 0.15) is 0 Å². The van der Waals surface area contributed by atoms with E-state index in [4.69, 9.17) is 0 Å². The first-order valence-corrected chi connectivity index (χ1v) is 6.34. The quantitative estimate of drug-likeness (QED) is 0.628. The van der Waals surface area contributed by atoms with Gasteiger partial charge in [0, 0.05) is 16.0 Å². The highest BCUT2D eigenvalue weighted by Crippen LogP contribution is 2.26. The van der Waals surface area contributed by atoms with Crippen molar-refractivity contribution in [3.05, 3.63) is 57.8 Å². The Morgan fingerprint density at radius 3 is 2.44 bits per heavy atom. The maximum atomic E-state index is 11.9. The van der Waals surface area contributed by atoms with Gasteiger partial charge in [-0.2, -0.15) is 0 Å². The number of rotatable bonds is 1. The number of fused-ring (bicyclic) bond motifs is 1. The summed E-state index contributed by atoms with van der Waals surface area (Å²) in [6.07, 6.45) is 1.81. The molecule has 1 aromatic heterocycles. The van der Waals surface area contributed by atoms with E-state index in [0.717, 1.165) is 4.88 Å². The van der Waals surface area contributed by atoms with Crippen LogP contribution in [0.2, 0.25) is 0 Å². The van der Waals surface area contributed by atoms with Crippen LogP contribution in [0.25, 0.3) is 11.6 Å². The topological polar surface area (TPSA) is 46.2 Å². The number of hydrogen-bond acceptors (Lipinski definition) is 3. The fraction of sp³-hybridized carbons (Fsp3) is 0. The molecular formula is C14H9NO2S.